The number of hydrogen-bond acceptors (Lipinski definition) is 4. The van der Waals surface area contributed by atoms with E-state index in [0.717, 1.165) is 28.7 Å². The van der Waals surface area contributed by atoms with Crippen LogP contribution >= 0.6 is 0 Å². The zero-order valence-corrected chi connectivity index (χ0v) is 13.2. The van der Waals surface area contributed by atoms with E-state index < -0.39 is 0 Å². The second-order valence-corrected chi connectivity index (χ2v) is 5.96. The topological polar surface area (TPSA) is 66.9 Å². The van der Waals surface area contributed by atoms with E-state index in [2.05, 4.69) is 10.6 Å². The second kappa shape index (κ2) is 6.28. The standard InChI is InChI=1S/C19H18N4O/c24-17-11-10-14(12-20-17)21-19-15-8-4-5-9-16(15)22-18(23-19)13-6-2-1-3-7-13/h1-9,14H,10-12H2,(H,20,24)(H,21,22,23). The zero-order valence-electron chi connectivity index (χ0n) is 13.2. The minimum absolute atomic E-state index is 0.116. The first kappa shape index (κ1) is 14.6. The summed E-state index contributed by atoms with van der Waals surface area (Å²) in [6.45, 7) is 0.623. The number of piperidine rings is 1. The van der Waals surface area contributed by atoms with Crippen LogP contribution in [-0.2, 0) is 4.79 Å². The summed E-state index contributed by atoms with van der Waals surface area (Å²) >= 11 is 0. The number of fused-ring (bicyclic) bond motifs is 1. The summed E-state index contributed by atoms with van der Waals surface area (Å²) in [5.74, 6) is 1.64. The SMILES string of the molecule is O=C1CCC(Nc2nc(-c3ccccc3)nc3ccccc23)CN1. The van der Waals surface area contributed by atoms with Gasteiger partial charge < -0.3 is 10.6 Å². The Morgan fingerprint density at radius 1 is 1.00 bits per heavy atom. The highest BCUT2D eigenvalue weighted by Gasteiger charge is 2.19. The van der Waals surface area contributed by atoms with E-state index in [1.54, 1.807) is 0 Å². The molecule has 1 amide bonds. The van der Waals surface area contributed by atoms with Crippen molar-refractivity contribution in [2.45, 2.75) is 18.9 Å². The Bertz CT molecular complexity index is 869. The number of rotatable bonds is 3. The third-order valence-electron chi connectivity index (χ3n) is 4.24. The Morgan fingerprint density at radius 3 is 2.58 bits per heavy atom. The highest BCUT2D eigenvalue weighted by atomic mass is 16.1. The monoisotopic (exact) mass is 318 g/mol. The summed E-state index contributed by atoms with van der Waals surface area (Å²) in [5, 5.41) is 7.39. The molecule has 5 nitrogen and oxygen atoms in total. The van der Waals surface area contributed by atoms with Crippen LogP contribution in [0.15, 0.2) is 54.6 Å². The lowest BCUT2D eigenvalue weighted by molar-refractivity contribution is -0.122. The summed E-state index contributed by atoms with van der Waals surface area (Å²) in [6.07, 6.45) is 1.36. The van der Waals surface area contributed by atoms with Crippen LogP contribution in [0.1, 0.15) is 12.8 Å². The maximum absolute atomic E-state index is 11.3. The molecule has 0 spiro atoms. The molecule has 1 aliphatic rings. The molecule has 1 unspecified atom stereocenters. The van der Waals surface area contributed by atoms with Crippen molar-refractivity contribution in [1.29, 1.82) is 0 Å². The molecule has 0 bridgehead atoms. The molecule has 1 aliphatic heterocycles. The summed E-state index contributed by atoms with van der Waals surface area (Å²) in [7, 11) is 0. The van der Waals surface area contributed by atoms with Gasteiger partial charge in [0.25, 0.3) is 0 Å². The van der Waals surface area contributed by atoms with Crippen molar-refractivity contribution in [3.63, 3.8) is 0 Å². The van der Waals surface area contributed by atoms with Crippen LogP contribution in [0.3, 0.4) is 0 Å². The van der Waals surface area contributed by atoms with E-state index in [4.69, 9.17) is 9.97 Å². The van der Waals surface area contributed by atoms with E-state index in [1.807, 2.05) is 54.6 Å². The van der Waals surface area contributed by atoms with Crippen molar-refractivity contribution < 1.29 is 4.79 Å². The fourth-order valence-electron chi connectivity index (χ4n) is 2.95. The number of nitrogens with one attached hydrogen (secondary N) is 2. The van der Waals surface area contributed by atoms with Crippen molar-refractivity contribution in [3.8, 4) is 11.4 Å². The smallest absolute Gasteiger partial charge is 0.220 e. The minimum Gasteiger partial charge on any atom is -0.365 e. The summed E-state index contributed by atoms with van der Waals surface area (Å²) in [5.41, 5.74) is 1.90. The van der Waals surface area contributed by atoms with Gasteiger partial charge in [-0.25, -0.2) is 9.97 Å². The predicted molar refractivity (Wildman–Crippen MR) is 94.6 cm³/mol. The molecule has 4 rings (SSSR count). The van der Waals surface area contributed by atoms with Crippen LogP contribution in [0.5, 0.6) is 0 Å². The molecule has 0 saturated carbocycles. The second-order valence-electron chi connectivity index (χ2n) is 5.96. The van der Waals surface area contributed by atoms with Crippen molar-refractivity contribution in [2.75, 3.05) is 11.9 Å². The van der Waals surface area contributed by atoms with E-state index in [9.17, 15) is 4.79 Å². The normalized spacial score (nSPS) is 17.5. The number of para-hydroxylation sites is 1. The molecule has 1 aromatic heterocycles. The first-order valence-electron chi connectivity index (χ1n) is 8.15. The van der Waals surface area contributed by atoms with Gasteiger partial charge >= 0.3 is 0 Å². The quantitative estimate of drug-likeness (QED) is 0.779. The Labute approximate surface area is 140 Å². The minimum atomic E-state index is 0.116. The molecule has 1 atom stereocenters. The van der Waals surface area contributed by atoms with Gasteiger partial charge in [-0.2, -0.15) is 0 Å². The number of amides is 1. The molecule has 120 valence electrons. The van der Waals surface area contributed by atoms with Crippen LogP contribution in [0.2, 0.25) is 0 Å². The number of anilines is 1. The molecular weight excluding hydrogens is 300 g/mol. The molecule has 24 heavy (non-hydrogen) atoms. The van der Waals surface area contributed by atoms with Gasteiger partial charge in [-0.05, 0) is 18.6 Å². The molecule has 0 radical (unpaired) electrons. The summed E-state index contributed by atoms with van der Waals surface area (Å²) in [6, 6.07) is 18.1. The summed E-state index contributed by atoms with van der Waals surface area (Å²) < 4.78 is 0. The fourth-order valence-corrected chi connectivity index (χ4v) is 2.95. The molecule has 1 saturated heterocycles. The highest BCUT2D eigenvalue weighted by Crippen LogP contribution is 2.25. The number of carbonyl (C=O) groups excluding carboxylic acids is 1. The summed E-state index contributed by atoms with van der Waals surface area (Å²) in [4.78, 5) is 20.8. The number of hydrogen-bond donors (Lipinski definition) is 2. The maximum atomic E-state index is 11.3. The van der Waals surface area contributed by atoms with Gasteiger partial charge in [0.15, 0.2) is 5.82 Å². The Balaban J connectivity index is 1.74. The van der Waals surface area contributed by atoms with E-state index in [0.29, 0.717) is 18.8 Å². The van der Waals surface area contributed by atoms with Gasteiger partial charge in [-0.1, -0.05) is 42.5 Å². The van der Waals surface area contributed by atoms with E-state index in [1.165, 1.54) is 0 Å². The predicted octanol–water partition coefficient (Wildman–Crippen LogP) is 2.99. The van der Waals surface area contributed by atoms with Crippen LogP contribution in [0, 0.1) is 0 Å². The van der Waals surface area contributed by atoms with Crippen molar-refractivity contribution >= 4 is 22.6 Å². The first-order valence-corrected chi connectivity index (χ1v) is 8.15. The molecule has 5 heteroatoms. The average molecular weight is 318 g/mol. The molecular formula is C19H18N4O. The molecule has 1 fully saturated rings. The first-order chi connectivity index (χ1) is 11.8. The molecule has 2 N–H and O–H groups in total. The van der Waals surface area contributed by atoms with Gasteiger partial charge in [0.05, 0.1) is 5.52 Å². The van der Waals surface area contributed by atoms with E-state index >= 15 is 0 Å². The lowest BCUT2D eigenvalue weighted by Crippen LogP contribution is -2.42. The third-order valence-corrected chi connectivity index (χ3v) is 4.24. The third kappa shape index (κ3) is 2.93. The zero-order chi connectivity index (χ0) is 16.4. The van der Waals surface area contributed by atoms with Crippen LogP contribution in [-0.4, -0.2) is 28.5 Å². The average Bonchev–Trinajstić information content (AvgIpc) is 2.64. The van der Waals surface area contributed by atoms with Crippen LogP contribution in [0.4, 0.5) is 5.82 Å². The largest absolute Gasteiger partial charge is 0.365 e. The van der Waals surface area contributed by atoms with Crippen molar-refractivity contribution in [1.82, 2.24) is 15.3 Å². The number of benzene rings is 2. The number of nitrogens with zero attached hydrogens (tertiary/aromatic N) is 2. The molecule has 3 aromatic rings. The fraction of sp³-hybridized carbons (Fsp3) is 0.211. The van der Waals surface area contributed by atoms with Gasteiger partial charge in [-0.3, -0.25) is 4.79 Å². The van der Waals surface area contributed by atoms with Gasteiger partial charge in [0.2, 0.25) is 5.91 Å². The molecule has 0 aliphatic carbocycles. The molecule has 2 aromatic carbocycles. The molecule has 2 heterocycles. The Hall–Kier alpha value is -2.95. The Morgan fingerprint density at radius 2 is 1.79 bits per heavy atom. The number of aromatic nitrogens is 2. The van der Waals surface area contributed by atoms with Crippen LogP contribution in [0.25, 0.3) is 22.3 Å². The Kier molecular flexibility index (Phi) is 3.83. The van der Waals surface area contributed by atoms with Crippen molar-refractivity contribution in [3.05, 3.63) is 54.6 Å². The van der Waals surface area contributed by atoms with Gasteiger partial charge in [0.1, 0.15) is 5.82 Å². The van der Waals surface area contributed by atoms with E-state index in [-0.39, 0.29) is 11.9 Å². The lowest BCUT2D eigenvalue weighted by atomic mass is 10.1. The van der Waals surface area contributed by atoms with Crippen LogP contribution < -0.4 is 10.6 Å². The highest BCUT2D eigenvalue weighted by molar-refractivity contribution is 5.90. The van der Waals surface area contributed by atoms with Crippen molar-refractivity contribution in [2.24, 2.45) is 0 Å². The van der Waals surface area contributed by atoms with Gasteiger partial charge in [-0.15, -0.1) is 0 Å². The maximum Gasteiger partial charge on any atom is 0.220 e. The lowest BCUT2D eigenvalue weighted by Gasteiger charge is -2.24. The van der Waals surface area contributed by atoms with Gasteiger partial charge in [0, 0.05) is 30.0 Å². The number of carbonyl (C=O) groups is 1.